The van der Waals surface area contributed by atoms with Gasteiger partial charge in [0.25, 0.3) is 0 Å². The molecule has 4 heteroatoms. The first-order chi connectivity index (χ1) is 12.7. The fourth-order valence-corrected chi connectivity index (χ4v) is 3.04. The Morgan fingerprint density at radius 2 is 1.58 bits per heavy atom. The molecular weight excluding hydrogens is 326 g/mol. The van der Waals surface area contributed by atoms with E-state index in [-0.39, 0.29) is 13.2 Å². The van der Waals surface area contributed by atoms with E-state index in [4.69, 9.17) is 4.74 Å². The molecule has 2 aromatic rings. The van der Waals surface area contributed by atoms with Crippen molar-refractivity contribution in [2.75, 3.05) is 13.2 Å². The van der Waals surface area contributed by atoms with Gasteiger partial charge in [0.2, 0.25) is 0 Å². The van der Waals surface area contributed by atoms with Crippen molar-refractivity contribution < 1.29 is 14.6 Å². The summed E-state index contributed by atoms with van der Waals surface area (Å²) in [5, 5.41) is 10.2. The zero-order chi connectivity index (χ0) is 18.8. The lowest BCUT2D eigenvalue weighted by Gasteiger charge is -2.40. The van der Waals surface area contributed by atoms with Gasteiger partial charge in [-0.1, -0.05) is 66.7 Å². The summed E-state index contributed by atoms with van der Waals surface area (Å²) in [5.41, 5.74) is 0.966. The summed E-state index contributed by atoms with van der Waals surface area (Å²) in [7, 11) is 0. The number of esters is 1. The minimum atomic E-state index is -1.16. The molecule has 0 fully saturated rings. The minimum absolute atomic E-state index is 0.266. The number of aliphatic hydroxyl groups excluding tert-OH is 1. The number of aliphatic hydroxyl groups is 1. The normalized spacial score (nSPS) is 13.2. The summed E-state index contributed by atoms with van der Waals surface area (Å²) in [4.78, 5) is 14.8. The quantitative estimate of drug-likeness (QED) is 0.524. The molecule has 0 aromatic heterocycles. The average molecular weight is 353 g/mol. The molecule has 1 atom stereocenters. The topological polar surface area (TPSA) is 49.8 Å². The number of nitrogens with zero attached hydrogens (tertiary/aromatic N) is 1. The maximum Gasteiger partial charge on any atom is 0.329 e. The number of benzene rings is 2. The lowest BCUT2D eigenvalue weighted by Crippen LogP contribution is -2.57. The first-order valence-electron chi connectivity index (χ1n) is 8.88. The number of carbonyl (C=O) groups excluding carboxylic acids is 1. The van der Waals surface area contributed by atoms with E-state index in [1.54, 1.807) is 13.0 Å². The molecule has 0 bridgehead atoms. The van der Waals surface area contributed by atoms with Gasteiger partial charge in [-0.25, -0.2) is 4.79 Å². The standard InChI is InChI=1S/C22H27NO3/c1-3-15-22(18-24,21(25)26-4-2)23(16-19-11-7-5-8-12-19)17-20-13-9-6-10-14-20/h3,5-14,24H,1,4,15-18H2,2H3/t22-/m1/s1. The van der Waals surface area contributed by atoms with Gasteiger partial charge < -0.3 is 9.84 Å². The van der Waals surface area contributed by atoms with Crippen LogP contribution in [-0.4, -0.2) is 34.7 Å². The van der Waals surface area contributed by atoms with Crippen LogP contribution in [0.1, 0.15) is 24.5 Å². The maximum absolute atomic E-state index is 12.8. The van der Waals surface area contributed by atoms with Crippen LogP contribution in [-0.2, 0) is 22.6 Å². The van der Waals surface area contributed by atoms with E-state index in [0.717, 1.165) is 11.1 Å². The zero-order valence-electron chi connectivity index (χ0n) is 15.3. The predicted molar refractivity (Wildman–Crippen MR) is 103 cm³/mol. The summed E-state index contributed by atoms with van der Waals surface area (Å²) in [6.45, 7) is 6.52. The van der Waals surface area contributed by atoms with Gasteiger partial charge in [-0.2, -0.15) is 0 Å². The van der Waals surface area contributed by atoms with Gasteiger partial charge in [-0.15, -0.1) is 6.58 Å². The van der Waals surface area contributed by atoms with Gasteiger partial charge in [0.15, 0.2) is 0 Å². The molecule has 1 N–H and O–H groups in total. The third-order valence-corrected chi connectivity index (χ3v) is 4.44. The molecule has 0 amide bonds. The Morgan fingerprint density at radius 1 is 1.08 bits per heavy atom. The van der Waals surface area contributed by atoms with E-state index in [2.05, 4.69) is 6.58 Å². The van der Waals surface area contributed by atoms with Gasteiger partial charge in [0.05, 0.1) is 13.2 Å². The second-order valence-corrected chi connectivity index (χ2v) is 6.23. The van der Waals surface area contributed by atoms with Crippen LogP contribution < -0.4 is 0 Å². The molecule has 138 valence electrons. The molecular formula is C22H27NO3. The van der Waals surface area contributed by atoms with E-state index in [1.165, 1.54) is 0 Å². The summed E-state index contributed by atoms with van der Waals surface area (Å²) in [6.07, 6.45) is 1.97. The Hall–Kier alpha value is -2.43. The Labute approximate surface area is 155 Å². The number of carbonyl (C=O) groups is 1. The van der Waals surface area contributed by atoms with Crippen LogP contribution in [0.5, 0.6) is 0 Å². The van der Waals surface area contributed by atoms with Crippen molar-refractivity contribution in [3.05, 3.63) is 84.4 Å². The second-order valence-electron chi connectivity index (χ2n) is 6.23. The number of ether oxygens (including phenoxy) is 1. The van der Waals surface area contributed by atoms with Crippen LogP contribution in [0.2, 0.25) is 0 Å². The first-order valence-corrected chi connectivity index (χ1v) is 8.88. The number of rotatable bonds is 10. The minimum Gasteiger partial charge on any atom is -0.465 e. The SMILES string of the molecule is C=CC[C@@](CO)(C(=O)OCC)N(Cc1ccccc1)Cc1ccccc1. The smallest absolute Gasteiger partial charge is 0.329 e. The highest BCUT2D eigenvalue weighted by Gasteiger charge is 2.44. The monoisotopic (exact) mass is 353 g/mol. The molecule has 0 unspecified atom stereocenters. The molecule has 0 saturated carbocycles. The molecule has 2 aromatic carbocycles. The van der Waals surface area contributed by atoms with Crippen molar-refractivity contribution in [3.8, 4) is 0 Å². The Kier molecular flexibility index (Phi) is 7.57. The lowest BCUT2D eigenvalue weighted by molar-refractivity contribution is -0.162. The third kappa shape index (κ3) is 4.81. The number of hydrogen-bond donors (Lipinski definition) is 1. The van der Waals surface area contributed by atoms with Crippen molar-refractivity contribution >= 4 is 5.97 Å². The highest BCUT2D eigenvalue weighted by atomic mass is 16.5. The molecule has 4 nitrogen and oxygen atoms in total. The zero-order valence-corrected chi connectivity index (χ0v) is 15.3. The Bertz CT molecular complexity index is 646. The molecule has 2 rings (SSSR count). The molecule has 0 heterocycles. The number of hydrogen-bond acceptors (Lipinski definition) is 4. The highest BCUT2D eigenvalue weighted by molar-refractivity contribution is 5.81. The van der Waals surface area contributed by atoms with Crippen molar-refractivity contribution in [1.29, 1.82) is 0 Å². The second kappa shape index (κ2) is 9.90. The highest BCUT2D eigenvalue weighted by Crippen LogP contribution is 2.27. The van der Waals surface area contributed by atoms with E-state index >= 15 is 0 Å². The molecule has 0 aliphatic carbocycles. The van der Waals surface area contributed by atoms with Gasteiger partial charge >= 0.3 is 5.97 Å². The largest absolute Gasteiger partial charge is 0.465 e. The molecule has 0 saturated heterocycles. The van der Waals surface area contributed by atoms with E-state index in [0.29, 0.717) is 19.5 Å². The van der Waals surface area contributed by atoms with Gasteiger partial charge in [-0.3, -0.25) is 4.90 Å². The van der Waals surface area contributed by atoms with Gasteiger partial charge in [0.1, 0.15) is 5.54 Å². The molecule has 0 spiro atoms. The fourth-order valence-electron chi connectivity index (χ4n) is 3.04. The van der Waals surface area contributed by atoms with Crippen LogP contribution in [0.3, 0.4) is 0 Å². The lowest BCUT2D eigenvalue weighted by atomic mass is 9.92. The van der Waals surface area contributed by atoms with Crippen molar-refractivity contribution in [3.63, 3.8) is 0 Å². The fraction of sp³-hybridized carbons (Fsp3) is 0.318. The Morgan fingerprint density at radius 3 is 1.96 bits per heavy atom. The van der Waals surface area contributed by atoms with Crippen molar-refractivity contribution in [1.82, 2.24) is 4.90 Å². The molecule has 26 heavy (non-hydrogen) atoms. The van der Waals surface area contributed by atoms with E-state index in [1.807, 2.05) is 65.6 Å². The molecule has 0 aliphatic rings. The summed E-state index contributed by atoms with van der Waals surface area (Å²) in [5.74, 6) is -0.422. The van der Waals surface area contributed by atoms with Crippen LogP contribution in [0, 0.1) is 0 Å². The molecule has 0 aliphatic heterocycles. The maximum atomic E-state index is 12.8. The van der Waals surface area contributed by atoms with Gasteiger partial charge in [0, 0.05) is 13.1 Å². The average Bonchev–Trinajstić information content (AvgIpc) is 2.67. The first kappa shape index (κ1) is 19.9. The third-order valence-electron chi connectivity index (χ3n) is 4.44. The van der Waals surface area contributed by atoms with Crippen LogP contribution in [0.25, 0.3) is 0 Å². The van der Waals surface area contributed by atoms with Crippen molar-refractivity contribution in [2.24, 2.45) is 0 Å². The molecule has 0 radical (unpaired) electrons. The predicted octanol–water partition coefficient (Wildman–Crippen LogP) is 3.56. The summed E-state index contributed by atoms with van der Waals surface area (Å²) >= 11 is 0. The van der Waals surface area contributed by atoms with Crippen LogP contribution in [0.4, 0.5) is 0 Å². The van der Waals surface area contributed by atoms with Gasteiger partial charge in [-0.05, 0) is 24.5 Å². The van der Waals surface area contributed by atoms with Crippen LogP contribution >= 0.6 is 0 Å². The Balaban J connectivity index is 2.42. The summed E-state index contributed by atoms with van der Waals surface area (Å²) < 4.78 is 5.32. The van der Waals surface area contributed by atoms with Crippen molar-refractivity contribution in [2.45, 2.75) is 32.0 Å². The van der Waals surface area contributed by atoms with E-state index < -0.39 is 11.5 Å². The summed E-state index contributed by atoms with van der Waals surface area (Å²) in [6, 6.07) is 19.8. The van der Waals surface area contributed by atoms with Crippen LogP contribution in [0.15, 0.2) is 73.3 Å². The van der Waals surface area contributed by atoms with E-state index in [9.17, 15) is 9.90 Å².